The molecule has 0 fully saturated rings. The molecule has 0 aliphatic rings. The molecular formula is C16H20O3. The first-order valence-corrected chi connectivity index (χ1v) is 6.32. The molecule has 3 nitrogen and oxygen atoms in total. The molecule has 1 rings (SSSR count). The molecule has 1 atom stereocenters. The van der Waals surface area contributed by atoms with Gasteiger partial charge in [-0.25, -0.2) is 4.79 Å². The van der Waals surface area contributed by atoms with Crippen molar-refractivity contribution in [2.24, 2.45) is 0 Å². The van der Waals surface area contributed by atoms with Crippen molar-refractivity contribution in [3.63, 3.8) is 0 Å². The van der Waals surface area contributed by atoms with E-state index in [0.29, 0.717) is 17.8 Å². The SMILES string of the molecule is CCOC(=O)C(C)=C=C(C)[C@H](O)c1ccccc1C. The lowest BCUT2D eigenvalue weighted by Gasteiger charge is -2.12. The Morgan fingerprint density at radius 3 is 2.58 bits per heavy atom. The second-order valence-electron chi connectivity index (χ2n) is 4.41. The summed E-state index contributed by atoms with van der Waals surface area (Å²) in [5.74, 6) is -0.404. The predicted molar refractivity (Wildman–Crippen MR) is 74.7 cm³/mol. The Bertz CT molecular complexity index is 523. The van der Waals surface area contributed by atoms with E-state index in [4.69, 9.17) is 4.74 Å². The summed E-state index contributed by atoms with van der Waals surface area (Å²) in [5.41, 5.74) is 5.69. The molecule has 1 aromatic rings. The van der Waals surface area contributed by atoms with Crippen molar-refractivity contribution in [1.29, 1.82) is 0 Å². The molecule has 19 heavy (non-hydrogen) atoms. The summed E-state index contributed by atoms with van der Waals surface area (Å²) in [6.45, 7) is 7.40. The highest BCUT2D eigenvalue weighted by atomic mass is 16.5. The molecule has 0 saturated heterocycles. The standard InChI is InChI=1S/C16H20O3/c1-5-19-16(18)13(4)10-12(3)15(17)14-9-7-6-8-11(14)2/h6-9,15,17H,5H2,1-4H3/t10?,15-/m0/s1. The smallest absolute Gasteiger partial charge is 0.341 e. The van der Waals surface area contributed by atoms with Gasteiger partial charge in [-0.1, -0.05) is 24.3 Å². The van der Waals surface area contributed by atoms with Gasteiger partial charge in [-0.3, -0.25) is 0 Å². The van der Waals surface area contributed by atoms with Gasteiger partial charge < -0.3 is 9.84 Å². The number of carbonyl (C=O) groups excluding carboxylic acids is 1. The van der Waals surface area contributed by atoms with Crippen LogP contribution in [0.25, 0.3) is 0 Å². The van der Waals surface area contributed by atoms with Crippen molar-refractivity contribution in [2.75, 3.05) is 6.61 Å². The van der Waals surface area contributed by atoms with E-state index < -0.39 is 12.1 Å². The normalized spacial score (nSPS) is 11.4. The van der Waals surface area contributed by atoms with Gasteiger partial charge >= 0.3 is 5.97 Å². The van der Waals surface area contributed by atoms with Crippen LogP contribution in [0, 0.1) is 6.92 Å². The summed E-state index contributed by atoms with van der Waals surface area (Å²) < 4.78 is 4.88. The average Bonchev–Trinajstić information content (AvgIpc) is 2.38. The van der Waals surface area contributed by atoms with E-state index >= 15 is 0 Å². The third kappa shape index (κ3) is 4.09. The fourth-order valence-corrected chi connectivity index (χ4v) is 1.78. The first-order chi connectivity index (χ1) is 8.97. The van der Waals surface area contributed by atoms with Crippen LogP contribution in [0.5, 0.6) is 0 Å². The molecule has 102 valence electrons. The fourth-order valence-electron chi connectivity index (χ4n) is 1.78. The number of carbonyl (C=O) groups is 1. The Morgan fingerprint density at radius 2 is 2.00 bits per heavy atom. The zero-order valence-electron chi connectivity index (χ0n) is 11.9. The number of esters is 1. The number of rotatable bonds is 4. The Labute approximate surface area is 114 Å². The molecule has 3 heteroatoms. The maximum Gasteiger partial charge on any atom is 0.341 e. The lowest BCUT2D eigenvalue weighted by molar-refractivity contribution is -0.138. The van der Waals surface area contributed by atoms with Crippen LogP contribution in [0.4, 0.5) is 0 Å². The van der Waals surface area contributed by atoms with Gasteiger partial charge in [0.2, 0.25) is 0 Å². The summed E-state index contributed by atoms with van der Waals surface area (Å²) in [6, 6.07) is 7.60. The summed E-state index contributed by atoms with van der Waals surface area (Å²) in [4.78, 5) is 11.5. The number of hydrogen-bond donors (Lipinski definition) is 1. The van der Waals surface area contributed by atoms with Crippen LogP contribution in [0.1, 0.15) is 38.0 Å². The van der Waals surface area contributed by atoms with Crippen LogP contribution >= 0.6 is 0 Å². The van der Waals surface area contributed by atoms with Crippen LogP contribution in [0.2, 0.25) is 0 Å². The third-order valence-electron chi connectivity index (χ3n) is 2.86. The molecule has 0 amide bonds. The Hall–Kier alpha value is -1.83. The lowest BCUT2D eigenvalue weighted by atomic mass is 9.98. The summed E-state index contributed by atoms with van der Waals surface area (Å²) in [6.07, 6.45) is -0.759. The minimum absolute atomic E-state index is 0.331. The molecule has 0 aromatic heterocycles. The molecule has 0 saturated carbocycles. The highest BCUT2D eigenvalue weighted by Gasteiger charge is 2.12. The van der Waals surface area contributed by atoms with E-state index in [-0.39, 0.29) is 0 Å². The van der Waals surface area contributed by atoms with E-state index in [9.17, 15) is 9.90 Å². The molecule has 0 unspecified atom stereocenters. The Morgan fingerprint density at radius 1 is 1.37 bits per heavy atom. The van der Waals surface area contributed by atoms with Crippen molar-refractivity contribution < 1.29 is 14.6 Å². The van der Waals surface area contributed by atoms with Gasteiger partial charge in [0.15, 0.2) is 0 Å². The number of aliphatic hydroxyl groups is 1. The third-order valence-corrected chi connectivity index (χ3v) is 2.86. The highest BCUT2D eigenvalue weighted by Crippen LogP contribution is 2.23. The fraction of sp³-hybridized carbons (Fsp3) is 0.375. The van der Waals surface area contributed by atoms with E-state index in [1.54, 1.807) is 20.8 Å². The molecular weight excluding hydrogens is 240 g/mol. The number of aliphatic hydroxyl groups excluding tert-OH is 1. The van der Waals surface area contributed by atoms with Crippen molar-refractivity contribution in [3.05, 3.63) is 52.3 Å². The Balaban J connectivity index is 3.06. The second-order valence-corrected chi connectivity index (χ2v) is 4.41. The van der Waals surface area contributed by atoms with Gasteiger partial charge in [-0.2, -0.15) is 0 Å². The van der Waals surface area contributed by atoms with Crippen molar-refractivity contribution in [1.82, 2.24) is 0 Å². The first kappa shape index (κ1) is 15.2. The van der Waals surface area contributed by atoms with E-state index in [1.165, 1.54) is 0 Å². The maximum absolute atomic E-state index is 11.5. The highest BCUT2D eigenvalue weighted by molar-refractivity contribution is 5.87. The summed E-state index contributed by atoms with van der Waals surface area (Å²) in [7, 11) is 0. The number of ether oxygens (including phenoxy) is 1. The maximum atomic E-state index is 11.5. The zero-order chi connectivity index (χ0) is 14.4. The quantitative estimate of drug-likeness (QED) is 0.514. The molecule has 0 spiro atoms. The van der Waals surface area contributed by atoms with Crippen molar-refractivity contribution >= 4 is 5.97 Å². The largest absolute Gasteiger partial charge is 0.462 e. The minimum Gasteiger partial charge on any atom is -0.462 e. The molecule has 0 radical (unpaired) electrons. The van der Waals surface area contributed by atoms with Crippen molar-refractivity contribution in [3.8, 4) is 0 Å². The molecule has 1 aromatic carbocycles. The summed E-state index contributed by atoms with van der Waals surface area (Å²) in [5, 5.41) is 10.3. The van der Waals surface area contributed by atoms with Crippen LogP contribution in [-0.4, -0.2) is 17.7 Å². The molecule has 0 aliphatic carbocycles. The zero-order valence-corrected chi connectivity index (χ0v) is 11.9. The van der Waals surface area contributed by atoms with E-state index in [2.05, 4.69) is 5.73 Å². The van der Waals surface area contributed by atoms with Crippen molar-refractivity contribution in [2.45, 2.75) is 33.8 Å². The van der Waals surface area contributed by atoms with Gasteiger partial charge in [0.1, 0.15) is 6.10 Å². The predicted octanol–water partition coefficient (Wildman–Crippen LogP) is 3.08. The molecule has 1 N–H and O–H groups in total. The topological polar surface area (TPSA) is 46.5 Å². The molecule has 0 bridgehead atoms. The Kier molecular flexibility index (Phi) is 5.56. The van der Waals surface area contributed by atoms with Gasteiger partial charge in [0.05, 0.1) is 12.2 Å². The number of hydrogen-bond acceptors (Lipinski definition) is 3. The van der Waals surface area contributed by atoms with Crippen LogP contribution in [0.15, 0.2) is 41.1 Å². The monoisotopic (exact) mass is 260 g/mol. The summed E-state index contributed by atoms with van der Waals surface area (Å²) >= 11 is 0. The van der Waals surface area contributed by atoms with Gasteiger partial charge in [0, 0.05) is 5.57 Å². The van der Waals surface area contributed by atoms with Gasteiger partial charge in [-0.15, -0.1) is 5.73 Å². The van der Waals surface area contributed by atoms with Crippen LogP contribution in [0.3, 0.4) is 0 Å². The molecule has 0 aliphatic heterocycles. The average molecular weight is 260 g/mol. The minimum atomic E-state index is -0.759. The van der Waals surface area contributed by atoms with Gasteiger partial charge in [0.25, 0.3) is 0 Å². The lowest BCUT2D eigenvalue weighted by Crippen LogP contribution is -2.05. The first-order valence-electron chi connectivity index (χ1n) is 6.32. The number of benzene rings is 1. The molecule has 0 heterocycles. The van der Waals surface area contributed by atoms with E-state index in [1.807, 2.05) is 31.2 Å². The van der Waals surface area contributed by atoms with E-state index in [0.717, 1.165) is 11.1 Å². The van der Waals surface area contributed by atoms with Gasteiger partial charge in [-0.05, 0) is 38.8 Å². The van der Waals surface area contributed by atoms with Crippen LogP contribution < -0.4 is 0 Å². The number of aryl methyl sites for hydroxylation is 1. The second kappa shape index (κ2) is 6.93. The van der Waals surface area contributed by atoms with Crippen LogP contribution in [-0.2, 0) is 9.53 Å².